The van der Waals surface area contributed by atoms with Crippen molar-refractivity contribution in [2.75, 3.05) is 23.9 Å². The Morgan fingerprint density at radius 3 is 2.94 bits per heavy atom. The number of aromatic nitrogens is 1. The van der Waals surface area contributed by atoms with Crippen LogP contribution >= 0.6 is 11.8 Å². The zero-order chi connectivity index (χ0) is 13.4. The van der Waals surface area contributed by atoms with Crippen molar-refractivity contribution in [3.05, 3.63) is 24.0 Å². The minimum Gasteiger partial charge on any atom is -0.476 e. The summed E-state index contributed by atoms with van der Waals surface area (Å²) in [5, 5.41) is 14.0. The standard InChI is InChI=1S/C11H15N3O3S/c1-18-7-3-6-13-11(17)14-8-4-2-5-12-9(8)10(15)16/h2,4-5H,3,6-7H2,1H3,(H,15,16)(H2,13,14,17). The van der Waals surface area contributed by atoms with Crippen LogP contribution in [0.15, 0.2) is 18.3 Å². The smallest absolute Gasteiger partial charge is 0.356 e. The van der Waals surface area contributed by atoms with Crippen LogP contribution in [-0.2, 0) is 0 Å². The molecule has 0 atom stereocenters. The van der Waals surface area contributed by atoms with Crippen LogP contribution in [0.5, 0.6) is 0 Å². The highest BCUT2D eigenvalue weighted by Gasteiger charge is 2.12. The molecule has 7 heteroatoms. The summed E-state index contributed by atoms with van der Waals surface area (Å²) in [4.78, 5) is 26.1. The van der Waals surface area contributed by atoms with E-state index in [9.17, 15) is 9.59 Å². The highest BCUT2D eigenvalue weighted by atomic mass is 32.2. The van der Waals surface area contributed by atoms with E-state index in [0.717, 1.165) is 12.2 Å². The van der Waals surface area contributed by atoms with E-state index < -0.39 is 12.0 Å². The molecule has 0 saturated heterocycles. The minimum atomic E-state index is -1.17. The van der Waals surface area contributed by atoms with Crippen molar-refractivity contribution in [3.63, 3.8) is 0 Å². The third-order valence-electron chi connectivity index (χ3n) is 2.07. The van der Waals surface area contributed by atoms with E-state index in [1.807, 2.05) is 6.26 Å². The second-order valence-corrected chi connectivity index (χ2v) is 4.42. The third kappa shape index (κ3) is 4.62. The predicted molar refractivity (Wildman–Crippen MR) is 71.2 cm³/mol. The molecule has 0 aliphatic heterocycles. The van der Waals surface area contributed by atoms with E-state index in [4.69, 9.17) is 5.11 Å². The van der Waals surface area contributed by atoms with Gasteiger partial charge in [0.15, 0.2) is 5.69 Å². The Hall–Kier alpha value is -1.76. The Morgan fingerprint density at radius 2 is 2.28 bits per heavy atom. The van der Waals surface area contributed by atoms with Crippen molar-refractivity contribution in [3.8, 4) is 0 Å². The summed E-state index contributed by atoms with van der Waals surface area (Å²) in [5.41, 5.74) is 0.0177. The molecule has 1 heterocycles. The van der Waals surface area contributed by atoms with Gasteiger partial charge in [-0.3, -0.25) is 0 Å². The molecule has 0 aromatic carbocycles. The number of rotatable bonds is 6. The van der Waals surface area contributed by atoms with Gasteiger partial charge in [-0.05, 0) is 30.6 Å². The van der Waals surface area contributed by atoms with Crippen LogP contribution in [0.3, 0.4) is 0 Å². The fraction of sp³-hybridized carbons (Fsp3) is 0.364. The van der Waals surface area contributed by atoms with Gasteiger partial charge in [-0.1, -0.05) is 0 Å². The lowest BCUT2D eigenvalue weighted by molar-refractivity contribution is 0.0692. The number of nitrogens with zero attached hydrogens (tertiary/aromatic N) is 1. The topological polar surface area (TPSA) is 91.3 Å². The fourth-order valence-corrected chi connectivity index (χ4v) is 1.69. The Kier molecular flexibility index (Phi) is 5.99. The maximum absolute atomic E-state index is 11.5. The van der Waals surface area contributed by atoms with E-state index in [0.29, 0.717) is 6.54 Å². The van der Waals surface area contributed by atoms with Gasteiger partial charge in [0.2, 0.25) is 0 Å². The number of pyridine rings is 1. The van der Waals surface area contributed by atoms with Crippen LogP contribution in [0.1, 0.15) is 16.9 Å². The normalized spacial score (nSPS) is 9.83. The lowest BCUT2D eigenvalue weighted by Gasteiger charge is -2.08. The van der Waals surface area contributed by atoms with Crippen molar-refractivity contribution in [1.82, 2.24) is 10.3 Å². The summed E-state index contributed by atoms with van der Waals surface area (Å²) < 4.78 is 0. The maximum atomic E-state index is 11.5. The van der Waals surface area contributed by atoms with Crippen molar-refractivity contribution in [2.24, 2.45) is 0 Å². The molecule has 1 aromatic heterocycles. The number of carbonyl (C=O) groups is 2. The Labute approximate surface area is 109 Å². The highest BCUT2D eigenvalue weighted by Crippen LogP contribution is 2.11. The first-order valence-electron chi connectivity index (χ1n) is 5.37. The van der Waals surface area contributed by atoms with Crippen LogP contribution < -0.4 is 10.6 Å². The van der Waals surface area contributed by atoms with Gasteiger partial charge in [0.25, 0.3) is 0 Å². The SMILES string of the molecule is CSCCCNC(=O)Nc1cccnc1C(=O)O. The summed E-state index contributed by atoms with van der Waals surface area (Å²) >= 11 is 1.70. The summed E-state index contributed by atoms with van der Waals surface area (Å²) in [7, 11) is 0. The van der Waals surface area contributed by atoms with Gasteiger partial charge in [-0.2, -0.15) is 11.8 Å². The molecule has 98 valence electrons. The number of hydrogen-bond acceptors (Lipinski definition) is 4. The first-order chi connectivity index (χ1) is 8.65. The molecule has 0 fully saturated rings. The second kappa shape index (κ2) is 7.54. The molecule has 0 unspecified atom stereocenters. The third-order valence-corrected chi connectivity index (χ3v) is 2.77. The number of amides is 2. The van der Waals surface area contributed by atoms with Crippen LogP contribution in [0.4, 0.5) is 10.5 Å². The van der Waals surface area contributed by atoms with Crippen LogP contribution in [0, 0.1) is 0 Å². The number of hydrogen-bond donors (Lipinski definition) is 3. The molecule has 2 amide bonds. The summed E-state index contributed by atoms with van der Waals surface area (Å²) in [6, 6.07) is 2.64. The fourth-order valence-electron chi connectivity index (χ4n) is 1.26. The highest BCUT2D eigenvalue weighted by molar-refractivity contribution is 7.98. The van der Waals surface area contributed by atoms with Crippen molar-refractivity contribution in [2.45, 2.75) is 6.42 Å². The lowest BCUT2D eigenvalue weighted by Crippen LogP contribution is -2.30. The Balaban J connectivity index is 2.51. The Bertz CT molecular complexity index is 426. The molecule has 0 radical (unpaired) electrons. The molecule has 1 aromatic rings. The molecule has 0 aliphatic rings. The van der Waals surface area contributed by atoms with E-state index in [-0.39, 0.29) is 11.4 Å². The first-order valence-corrected chi connectivity index (χ1v) is 6.76. The van der Waals surface area contributed by atoms with Crippen LogP contribution in [-0.4, -0.2) is 40.6 Å². The zero-order valence-electron chi connectivity index (χ0n) is 9.97. The molecule has 18 heavy (non-hydrogen) atoms. The van der Waals surface area contributed by atoms with Gasteiger partial charge in [0.1, 0.15) is 0 Å². The molecular formula is C11H15N3O3S. The lowest BCUT2D eigenvalue weighted by atomic mass is 10.3. The number of carboxylic acids is 1. The van der Waals surface area contributed by atoms with Gasteiger partial charge in [0.05, 0.1) is 5.69 Å². The predicted octanol–water partition coefficient (Wildman–Crippen LogP) is 1.65. The second-order valence-electron chi connectivity index (χ2n) is 3.43. The van der Waals surface area contributed by atoms with Gasteiger partial charge < -0.3 is 15.7 Å². The number of anilines is 1. The molecule has 3 N–H and O–H groups in total. The van der Waals surface area contributed by atoms with Crippen LogP contribution in [0.2, 0.25) is 0 Å². The molecule has 1 rings (SSSR count). The molecule has 0 aliphatic carbocycles. The van der Waals surface area contributed by atoms with E-state index in [1.165, 1.54) is 12.3 Å². The van der Waals surface area contributed by atoms with Gasteiger partial charge >= 0.3 is 12.0 Å². The zero-order valence-corrected chi connectivity index (χ0v) is 10.8. The van der Waals surface area contributed by atoms with E-state index >= 15 is 0 Å². The molecule has 0 spiro atoms. The van der Waals surface area contributed by atoms with Gasteiger partial charge in [0, 0.05) is 12.7 Å². The summed E-state index contributed by atoms with van der Waals surface area (Å²) in [6.07, 6.45) is 4.23. The van der Waals surface area contributed by atoms with Crippen molar-refractivity contribution in [1.29, 1.82) is 0 Å². The number of carboxylic acid groups (broad SMARTS) is 1. The number of urea groups is 1. The van der Waals surface area contributed by atoms with Crippen molar-refractivity contribution < 1.29 is 14.7 Å². The molecule has 6 nitrogen and oxygen atoms in total. The number of aromatic carboxylic acids is 1. The number of thioether (sulfide) groups is 1. The Morgan fingerprint density at radius 1 is 1.50 bits per heavy atom. The number of nitrogens with one attached hydrogen (secondary N) is 2. The average molecular weight is 269 g/mol. The molecule has 0 bridgehead atoms. The minimum absolute atomic E-state index is 0.170. The van der Waals surface area contributed by atoms with Gasteiger partial charge in [-0.15, -0.1) is 0 Å². The number of carbonyl (C=O) groups excluding carboxylic acids is 1. The maximum Gasteiger partial charge on any atom is 0.356 e. The summed E-state index contributed by atoms with van der Waals surface area (Å²) in [6.45, 7) is 0.551. The monoisotopic (exact) mass is 269 g/mol. The molecular weight excluding hydrogens is 254 g/mol. The van der Waals surface area contributed by atoms with Crippen molar-refractivity contribution >= 4 is 29.4 Å². The first kappa shape index (κ1) is 14.3. The average Bonchev–Trinajstić information content (AvgIpc) is 2.35. The largest absolute Gasteiger partial charge is 0.476 e. The van der Waals surface area contributed by atoms with E-state index in [1.54, 1.807) is 17.8 Å². The summed E-state index contributed by atoms with van der Waals surface area (Å²) in [5.74, 6) is -0.207. The molecule has 0 saturated carbocycles. The van der Waals surface area contributed by atoms with E-state index in [2.05, 4.69) is 15.6 Å². The van der Waals surface area contributed by atoms with Gasteiger partial charge in [-0.25, -0.2) is 14.6 Å². The van der Waals surface area contributed by atoms with Crippen LogP contribution in [0.25, 0.3) is 0 Å². The quantitative estimate of drug-likeness (QED) is 0.683.